The van der Waals surface area contributed by atoms with Gasteiger partial charge in [0.05, 0.1) is 0 Å². The topological polar surface area (TPSA) is 63.8 Å². The average Bonchev–Trinajstić information content (AvgIpc) is 2.01. The fourth-order valence-corrected chi connectivity index (χ4v) is 1.17. The predicted octanol–water partition coefficient (Wildman–Crippen LogP) is 1.24. The lowest BCUT2D eigenvalue weighted by atomic mass is 10.3. The summed E-state index contributed by atoms with van der Waals surface area (Å²) < 4.78 is 0. The summed E-state index contributed by atoms with van der Waals surface area (Å²) in [6.07, 6.45) is 0. The molecule has 0 aromatic carbocycles. The maximum Gasteiger partial charge on any atom is 0.130 e. The molecule has 1 rings (SSSR count). The van der Waals surface area contributed by atoms with Gasteiger partial charge in [-0.3, -0.25) is 0 Å². The fraction of sp³-hybridized carbons (Fsp3) is 0.444. The molecule has 0 saturated carbocycles. The van der Waals surface area contributed by atoms with Gasteiger partial charge in [-0.05, 0) is 20.8 Å². The Morgan fingerprint density at radius 1 is 1.50 bits per heavy atom. The highest BCUT2D eigenvalue weighted by molar-refractivity contribution is 7.80. The monoisotopic (exact) mass is 210 g/mol. The van der Waals surface area contributed by atoms with Crippen LogP contribution >= 0.6 is 12.2 Å². The van der Waals surface area contributed by atoms with Crippen molar-refractivity contribution in [2.45, 2.75) is 26.8 Å². The lowest BCUT2D eigenvalue weighted by Gasteiger charge is -2.10. The summed E-state index contributed by atoms with van der Waals surface area (Å²) in [6.45, 7) is 5.89. The van der Waals surface area contributed by atoms with Crippen molar-refractivity contribution in [3.05, 3.63) is 17.6 Å². The summed E-state index contributed by atoms with van der Waals surface area (Å²) in [5, 5.41) is 3.17. The van der Waals surface area contributed by atoms with E-state index in [0.29, 0.717) is 22.5 Å². The SMILES string of the molecule is Cc1nc(NC(C)C)cc(C(N)=S)n1. The Morgan fingerprint density at radius 3 is 2.64 bits per heavy atom. The number of hydrogen-bond acceptors (Lipinski definition) is 4. The molecule has 0 atom stereocenters. The van der Waals surface area contributed by atoms with Crippen molar-refractivity contribution in [2.75, 3.05) is 5.32 Å². The second kappa shape index (κ2) is 4.32. The minimum Gasteiger partial charge on any atom is -0.388 e. The first-order chi connectivity index (χ1) is 6.49. The second-order valence-electron chi connectivity index (χ2n) is 3.35. The van der Waals surface area contributed by atoms with Gasteiger partial charge in [0.15, 0.2) is 0 Å². The number of rotatable bonds is 3. The van der Waals surface area contributed by atoms with E-state index >= 15 is 0 Å². The number of aryl methyl sites for hydroxylation is 1. The molecule has 3 N–H and O–H groups in total. The number of aromatic nitrogens is 2. The summed E-state index contributed by atoms with van der Waals surface area (Å²) >= 11 is 4.85. The van der Waals surface area contributed by atoms with Gasteiger partial charge >= 0.3 is 0 Å². The van der Waals surface area contributed by atoms with E-state index in [1.807, 2.05) is 20.8 Å². The maximum absolute atomic E-state index is 5.50. The van der Waals surface area contributed by atoms with Crippen molar-refractivity contribution in [2.24, 2.45) is 5.73 Å². The molecule has 0 aliphatic carbocycles. The highest BCUT2D eigenvalue weighted by Gasteiger charge is 2.04. The van der Waals surface area contributed by atoms with Crippen LogP contribution in [-0.4, -0.2) is 21.0 Å². The number of thiocarbonyl (C=S) groups is 1. The van der Waals surface area contributed by atoms with Gasteiger partial charge in [0.2, 0.25) is 0 Å². The Labute approximate surface area is 88.9 Å². The van der Waals surface area contributed by atoms with Crippen LogP contribution in [0, 0.1) is 6.92 Å². The number of anilines is 1. The van der Waals surface area contributed by atoms with Gasteiger partial charge in [-0.15, -0.1) is 0 Å². The molecule has 0 radical (unpaired) electrons. The molecule has 0 aliphatic rings. The van der Waals surface area contributed by atoms with Crippen molar-refractivity contribution < 1.29 is 0 Å². The van der Waals surface area contributed by atoms with Crippen LogP contribution in [0.25, 0.3) is 0 Å². The van der Waals surface area contributed by atoms with Gasteiger partial charge in [-0.2, -0.15) is 0 Å². The molecule has 0 bridgehead atoms. The molecule has 1 aromatic rings. The van der Waals surface area contributed by atoms with E-state index in [0.717, 1.165) is 5.82 Å². The van der Waals surface area contributed by atoms with E-state index in [-0.39, 0.29) is 0 Å². The van der Waals surface area contributed by atoms with Gasteiger partial charge in [-0.1, -0.05) is 12.2 Å². The Hall–Kier alpha value is -1.23. The molecule has 5 heteroatoms. The molecular formula is C9H14N4S. The summed E-state index contributed by atoms with van der Waals surface area (Å²) in [4.78, 5) is 8.64. The quantitative estimate of drug-likeness (QED) is 0.735. The van der Waals surface area contributed by atoms with Crippen molar-refractivity contribution >= 4 is 23.0 Å². The molecule has 0 fully saturated rings. The molecule has 1 aromatic heterocycles. The molecule has 0 spiro atoms. The molecular weight excluding hydrogens is 196 g/mol. The first kappa shape index (κ1) is 10.8. The lowest BCUT2D eigenvalue weighted by molar-refractivity contribution is 0.880. The lowest BCUT2D eigenvalue weighted by Crippen LogP contribution is -2.16. The average molecular weight is 210 g/mol. The van der Waals surface area contributed by atoms with Crippen LogP contribution in [0.3, 0.4) is 0 Å². The third-order valence-electron chi connectivity index (χ3n) is 1.53. The summed E-state index contributed by atoms with van der Waals surface area (Å²) in [6, 6.07) is 2.08. The van der Waals surface area contributed by atoms with Crippen LogP contribution in [0.1, 0.15) is 25.4 Å². The number of hydrogen-bond donors (Lipinski definition) is 2. The van der Waals surface area contributed by atoms with Crippen LogP contribution in [0.15, 0.2) is 6.07 Å². The summed E-state index contributed by atoms with van der Waals surface area (Å²) in [5.41, 5.74) is 6.10. The first-order valence-corrected chi connectivity index (χ1v) is 4.82. The van der Waals surface area contributed by atoms with Gasteiger partial charge in [0.25, 0.3) is 0 Å². The normalized spacial score (nSPS) is 10.3. The number of nitrogens with zero attached hydrogens (tertiary/aromatic N) is 2. The highest BCUT2D eigenvalue weighted by Crippen LogP contribution is 2.07. The zero-order valence-corrected chi connectivity index (χ0v) is 9.35. The Bertz CT molecular complexity index is 349. The maximum atomic E-state index is 5.50. The zero-order chi connectivity index (χ0) is 10.7. The van der Waals surface area contributed by atoms with E-state index < -0.39 is 0 Å². The summed E-state index contributed by atoms with van der Waals surface area (Å²) in [7, 11) is 0. The van der Waals surface area contributed by atoms with Crippen LogP contribution in [0.5, 0.6) is 0 Å². The predicted molar refractivity (Wildman–Crippen MR) is 61.4 cm³/mol. The molecule has 0 aliphatic heterocycles. The van der Waals surface area contributed by atoms with Crippen molar-refractivity contribution in [3.8, 4) is 0 Å². The molecule has 0 unspecified atom stereocenters. The smallest absolute Gasteiger partial charge is 0.130 e. The molecule has 0 amide bonds. The number of nitrogens with two attached hydrogens (primary N) is 1. The largest absolute Gasteiger partial charge is 0.388 e. The van der Waals surface area contributed by atoms with Gasteiger partial charge < -0.3 is 11.1 Å². The Kier molecular flexibility index (Phi) is 3.35. The zero-order valence-electron chi connectivity index (χ0n) is 8.53. The minimum atomic E-state index is 0.294. The Morgan fingerprint density at radius 2 is 2.14 bits per heavy atom. The number of nitrogens with one attached hydrogen (secondary N) is 1. The second-order valence-corrected chi connectivity index (χ2v) is 3.79. The van der Waals surface area contributed by atoms with Gasteiger partial charge in [-0.25, -0.2) is 9.97 Å². The first-order valence-electron chi connectivity index (χ1n) is 4.41. The molecule has 4 nitrogen and oxygen atoms in total. The van der Waals surface area contributed by atoms with Crippen LogP contribution in [0.2, 0.25) is 0 Å². The summed E-state index contributed by atoms with van der Waals surface area (Å²) in [5.74, 6) is 1.42. The van der Waals surface area contributed by atoms with E-state index in [1.54, 1.807) is 6.07 Å². The van der Waals surface area contributed by atoms with Crippen molar-refractivity contribution in [1.29, 1.82) is 0 Å². The molecule has 0 saturated heterocycles. The third kappa shape index (κ3) is 2.92. The van der Waals surface area contributed by atoms with Crippen LogP contribution in [-0.2, 0) is 0 Å². The van der Waals surface area contributed by atoms with E-state index in [9.17, 15) is 0 Å². The van der Waals surface area contributed by atoms with Crippen molar-refractivity contribution in [1.82, 2.24) is 9.97 Å². The van der Waals surface area contributed by atoms with E-state index in [1.165, 1.54) is 0 Å². The molecule has 1 heterocycles. The highest BCUT2D eigenvalue weighted by atomic mass is 32.1. The van der Waals surface area contributed by atoms with E-state index in [4.69, 9.17) is 18.0 Å². The third-order valence-corrected chi connectivity index (χ3v) is 1.74. The standard InChI is InChI=1S/C9H14N4S/c1-5(2)11-8-4-7(9(10)14)12-6(3)13-8/h4-5H,1-3H3,(H2,10,14)(H,11,12,13). The molecule has 14 heavy (non-hydrogen) atoms. The van der Waals surface area contributed by atoms with Crippen LogP contribution in [0.4, 0.5) is 5.82 Å². The van der Waals surface area contributed by atoms with Crippen molar-refractivity contribution in [3.63, 3.8) is 0 Å². The fourth-order valence-electron chi connectivity index (χ4n) is 1.06. The van der Waals surface area contributed by atoms with Gasteiger partial charge in [0.1, 0.15) is 22.3 Å². The Balaban J connectivity index is 3.01. The van der Waals surface area contributed by atoms with Crippen LogP contribution < -0.4 is 11.1 Å². The molecule has 76 valence electrons. The van der Waals surface area contributed by atoms with Gasteiger partial charge in [0, 0.05) is 12.1 Å². The minimum absolute atomic E-state index is 0.294. The van der Waals surface area contributed by atoms with E-state index in [2.05, 4.69) is 15.3 Å².